The molecule has 3 N–H and O–H groups in total. The maximum absolute atomic E-state index is 10.5. The van der Waals surface area contributed by atoms with Crippen molar-refractivity contribution in [1.29, 1.82) is 0 Å². The highest BCUT2D eigenvalue weighted by Gasteiger charge is 2.26. The molecule has 58 valence electrons. The van der Waals surface area contributed by atoms with E-state index in [9.17, 15) is 4.79 Å². The summed E-state index contributed by atoms with van der Waals surface area (Å²) < 4.78 is 0. The fourth-order valence-electron chi connectivity index (χ4n) is 1.10. The van der Waals surface area contributed by atoms with E-state index in [2.05, 4.69) is 10.9 Å². The van der Waals surface area contributed by atoms with Crippen molar-refractivity contribution in [1.82, 2.24) is 10.9 Å². The van der Waals surface area contributed by atoms with Crippen molar-refractivity contribution in [2.24, 2.45) is 5.92 Å². The van der Waals surface area contributed by atoms with Gasteiger partial charge < -0.3 is 5.11 Å². The molecule has 1 aliphatic rings. The molecule has 1 heterocycles. The summed E-state index contributed by atoms with van der Waals surface area (Å²) in [5.74, 6) is -0.557. The van der Waals surface area contributed by atoms with Gasteiger partial charge in [-0.2, -0.15) is 0 Å². The third-order valence-electron chi connectivity index (χ3n) is 1.82. The van der Waals surface area contributed by atoms with Crippen molar-refractivity contribution >= 4 is 5.97 Å². The molecule has 1 rings (SSSR count). The molecule has 4 heteroatoms. The number of carboxylic acid groups (broad SMARTS) is 1. The smallest absolute Gasteiger partial charge is 0.322 e. The lowest BCUT2D eigenvalue weighted by atomic mass is 9.97. The zero-order valence-corrected chi connectivity index (χ0v) is 5.92. The van der Waals surface area contributed by atoms with E-state index < -0.39 is 12.0 Å². The van der Waals surface area contributed by atoms with Gasteiger partial charge in [0.05, 0.1) is 0 Å². The summed E-state index contributed by atoms with van der Waals surface area (Å²) in [6.45, 7) is 2.79. The molecule has 1 fully saturated rings. The molecule has 1 aliphatic heterocycles. The Balaban J connectivity index is 2.47. The third kappa shape index (κ3) is 1.46. The Morgan fingerprint density at radius 3 is 2.80 bits per heavy atom. The van der Waals surface area contributed by atoms with Crippen LogP contribution in [0.3, 0.4) is 0 Å². The van der Waals surface area contributed by atoms with E-state index in [4.69, 9.17) is 5.11 Å². The number of rotatable bonds is 1. The maximum Gasteiger partial charge on any atom is 0.322 e. The Kier molecular flexibility index (Phi) is 2.24. The highest BCUT2D eigenvalue weighted by atomic mass is 16.4. The lowest BCUT2D eigenvalue weighted by Gasteiger charge is -2.26. The molecule has 0 bridgehead atoms. The number of carbonyl (C=O) groups is 1. The summed E-state index contributed by atoms with van der Waals surface area (Å²) in [6.07, 6.45) is 0.921. The number of hydrogen-bond donors (Lipinski definition) is 3. The normalized spacial score (nSPS) is 33.7. The monoisotopic (exact) mass is 144 g/mol. The second kappa shape index (κ2) is 2.98. The molecular weight excluding hydrogens is 132 g/mol. The van der Waals surface area contributed by atoms with Crippen LogP contribution in [0.5, 0.6) is 0 Å². The summed E-state index contributed by atoms with van der Waals surface area (Å²) in [7, 11) is 0. The van der Waals surface area contributed by atoms with Gasteiger partial charge in [0.15, 0.2) is 0 Å². The molecule has 0 spiro atoms. The van der Waals surface area contributed by atoms with Crippen LogP contribution < -0.4 is 10.9 Å². The zero-order chi connectivity index (χ0) is 7.56. The van der Waals surface area contributed by atoms with Gasteiger partial charge >= 0.3 is 5.97 Å². The van der Waals surface area contributed by atoms with Gasteiger partial charge in [-0.15, -0.1) is 0 Å². The van der Waals surface area contributed by atoms with Crippen molar-refractivity contribution in [2.75, 3.05) is 6.54 Å². The third-order valence-corrected chi connectivity index (χ3v) is 1.82. The molecule has 4 nitrogen and oxygen atoms in total. The lowest BCUT2D eigenvalue weighted by Crippen LogP contribution is -2.54. The Morgan fingerprint density at radius 1 is 1.70 bits per heavy atom. The van der Waals surface area contributed by atoms with E-state index in [0.29, 0.717) is 0 Å². The number of hydrogen-bond acceptors (Lipinski definition) is 3. The molecule has 1 saturated heterocycles. The molecule has 0 aromatic heterocycles. The first-order valence-corrected chi connectivity index (χ1v) is 3.43. The van der Waals surface area contributed by atoms with E-state index in [1.807, 2.05) is 6.92 Å². The summed E-state index contributed by atoms with van der Waals surface area (Å²) in [5.41, 5.74) is 5.53. The summed E-state index contributed by atoms with van der Waals surface area (Å²) in [4.78, 5) is 10.5. The lowest BCUT2D eigenvalue weighted by molar-refractivity contribution is -0.141. The standard InChI is InChI=1S/C6H12N2O2/c1-4-2-3-7-8-5(4)6(9)10/h4-5,7-8H,2-3H2,1H3,(H,9,10)/t4-,5-/m0/s1. The van der Waals surface area contributed by atoms with Crippen LogP contribution in [-0.2, 0) is 4.79 Å². The summed E-state index contributed by atoms with van der Waals surface area (Å²) in [6, 6.07) is -0.422. The molecule has 2 atom stereocenters. The molecule has 0 saturated carbocycles. The molecule has 0 amide bonds. The number of nitrogens with one attached hydrogen (secondary N) is 2. The molecule has 0 radical (unpaired) electrons. The predicted octanol–water partition coefficient (Wildman–Crippen LogP) is -0.426. The molecular formula is C6H12N2O2. The van der Waals surface area contributed by atoms with E-state index in [-0.39, 0.29) is 5.92 Å². The second-order valence-electron chi connectivity index (χ2n) is 2.65. The van der Waals surface area contributed by atoms with Crippen LogP contribution in [0.25, 0.3) is 0 Å². The van der Waals surface area contributed by atoms with Crippen LogP contribution in [0.4, 0.5) is 0 Å². The molecule has 0 aliphatic carbocycles. The Morgan fingerprint density at radius 2 is 2.40 bits per heavy atom. The topological polar surface area (TPSA) is 61.4 Å². The van der Waals surface area contributed by atoms with Gasteiger partial charge in [-0.05, 0) is 12.3 Å². The van der Waals surface area contributed by atoms with Crippen LogP contribution in [0, 0.1) is 5.92 Å². The maximum atomic E-state index is 10.5. The number of carboxylic acids is 1. The molecule has 0 unspecified atom stereocenters. The first-order chi connectivity index (χ1) is 4.72. The highest BCUT2D eigenvalue weighted by Crippen LogP contribution is 2.09. The Bertz CT molecular complexity index is 138. The van der Waals surface area contributed by atoms with E-state index >= 15 is 0 Å². The van der Waals surface area contributed by atoms with E-state index in [1.165, 1.54) is 0 Å². The van der Waals surface area contributed by atoms with Crippen LogP contribution in [-0.4, -0.2) is 23.7 Å². The Hall–Kier alpha value is -0.610. The van der Waals surface area contributed by atoms with Crippen LogP contribution in [0.2, 0.25) is 0 Å². The van der Waals surface area contributed by atoms with Gasteiger partial charge in [-0.25, -0.2) is 5.43 Å². The molecule has 0 aromatic carbocycles. The highest BCUT2D eigenvalue weighted by molar-refractivity contribution is 5.73. The van der Waals surface area contributed by atoms with Crippen LogP contribution in [0.15, 0.2) is 0 Å². The Labute approximate surface area is 59.6 Å². The predicted molar refractivity (Wildman–Crippen MR) is 36.3 cm³/mol. The minimum absolute atomic E-state index is 0.221. The van der Waals surface area contributed by atoms with Gasteiger partial charge in [0.2, 0.25) is 0 Å². The van der Waals surface area contributed by atoms with E-state index in [1.54, 1.807) is 0 Å². The van der Waals surface area contributed by atoms with Crippen molar-refractivity contribution in [2.45, 2.75) is 19.4 Å². The van der Waals surface area contributed by atoms with Gasteiger partial charge in [-0.1, -0.05) is 6.92 Å². The van der Waals surface area contributed by atoms with Gasteiger partial charge in [0.1, 0.15) is 6.04 Å². The van der Waals surface area contributed by atoms with Crippen molar-refractivity contribution < 1.29 is 9.90 Å². The van der Waals surface area contributed by atoms with Crippen molar-refractivity contribution in [3.05, 3.63) is 0 Å². The fourth-order valence-corrected chi connectivity index (χ4v) is 1.10. The van der Waals surface area contributed by atoms with Crippen molar-refractivity contribution in [3.63, 3.8) is 0 Å². The van der Waals surface area contributed by atoms with Gasteiger partial charge in [-0.3, -0.25) is 10.2 Å². The minimum Gasteiger partial charge on any atom is -0.480 e. The first-order valence-electron chi connectivity index (χ1n) is 3.43. The zero-order valence-electron chi connectivity index (χ0n) is 5.92. The average molecular weight is 144 g/mol. The van der Waals surface area contributed by atoms with E-state index in [0.717, 1.165) is 13.0 Å². The van der Waals surface area contributed by atoms with Crippen LogP contribution in [0.1, 0.15) is 13.3 Å². The number of aliphatic carboxylic acids is 1. The first kappa shape index (κ1) is 7.50. The molecule has 0 aromatic rings. The summed E-state index contributed by atoms with van der Waals surface area (Å²) in [5, 5.41) is 8.61. The quantitative estimate of drug-likeness (QED) is 0.467. The van der Waals surface area contributed by atoms with Gasteiger partial charge in [0, 0.05) is 6.54 Å². The average Bonchev–Trinajstić information content (AvgIpc) is 1.88. The SMILES string of the molecule is C[C@H]1CCNN[C@@H]1C(=O)O. The largest absolute Gasteiger partial charge is 0.480 e. The molecule has 10 heavy (non-hydrogen) atoms. The number of hydrazine groups is 1. The van der Waals surface area contributed by atoms with Gasteiger partial charge in [0.25, 0.3) is 0 Å². The van der Waals surface area contributed by atoms with Crippen molar-refractivity contribution in [3.8, 4) is 0 Å². The van der Waals surface area contributed by atoms with Crippen LogP contribution >= 0.6 is 0 Å². The fraction of sp³-hybridized carbons (Fsp3) is 0.833. The second-order valence-corrected chi connectivity index (χ2v) is 2.65. The summed E-state index contributed by atoms with van der Waals surface area (Å²) >= 11 is 0. The minimum atomic E-state index is -0.778.